The van der Waals surface area contributed by atoms with Crippen LogP contribution >= 0.6 is 11.3 Å². The second-order valence-electron chi connectivity index (χ2n) is 3.96. The molecule has 2 aromatic rings. The highest BCUT2D eigenvalue weighted by molar-refractivity contribution is 7.10. The molecule has 18 heavy (non-hydrogen) atoms. The summed E-state index contributed by atoms with van der Waals surface area (Å²) in [7, 11) is 0. The standard InChI is InChI=1S/C13H13F2NOS/c1-8(16)13(11-6-3-7-18-11)17-10-5-2-4-9(14)12(10)15/h2-8,13H,16H2,1H3. The van der Waals surface area contributed by atoms with Crippen molar-refractivity contribution in [1.82, 2.24) is 0 Å². The molecule has 1 heterocycles. The molecule has 0 bridgehead atoms. The van der Waals surface area contributed by atoms with Crippen LogP contribution in [-0.4, -0.2) is 6.04 Å². The first-order valence-electron chi connectivity index (χ1n) is 5.49. The zero-order chi connectivity index (χ0) is 13.1. The van der Waals surface area contributed by atoms with Crippen LogP contribution < -0.4 is 10.5 Å². The molecule has 0 saturated heterocycles. The lowest BCUT2D eigenvalue weighted by molar-refractivity contribution is 0.174. The summed E-state index contributed by atoms with van der Waals surface area (Å²) in [5.74, 6) is -2.03. The fraction of sp³-hybridized carbons (Fsp3) is 0.231. The van der Waals surface area contributed by atoms with Crippen molar-refractivity contribution >= 4 is 11.3 Å². The van der Waals surface area contributed by atoms with E-state index in [0.29, 0.717) is 0 Å². The second kappa shape index (κ2) is 5.46. The summed E-state index contributed by atoms with van der Waals surface area (Å²) in [5, 5.41) is 1.88. The van der Waals surface area contributed by atoms with Crippen LogP contribution in [0.15, 0.2) is 35.7 Å². The maximum atomic E-state index is 13.5. The molecule has 2 unspecified atom stereocenters. The van der Waals surface area contributed by atoms with Gasteiger partial charge in [0.15, 0.2) is 11.6 Å². The third-order valence-corrected chi connectivity index (χ3v) is 3.41. The number of benzene rings is 1. The van der Waals surface area contributed by atoms with Crippen molar-refractivity contribution < 1.29 is 13.5 Å². The number of hydrogen-bond acceptors (Lipinski definition) is 3. The molecule has 0 spiro atoms. The maximum Gasteiger partial charge on any atom is 0.200 e. The minimum Gasteiger partial charge on any atom is -0.480 e. The number of nitrogens with two attached hydrogens (primary N) is 1. The summed E-state index contributed by atoms with van der Waals surface area (Å²) in [6.07, 6.45) is -0.485. The first-order valence-corrected chi connectivity index (χ1v) is 6.37. The minimum atomic E-state index is -0.986. The Hall–Kier alpha value is -1.46. The van der Waals surface area contributed by atoms with Crippen molar-refractivity contribution in [2.45, 2.75) is 19.1 Å². The molecule has 0 aliphatic rings. The molecule has 2 N–H and O–H groups in total. The molecular formula is C13H13F2NOS. The lowest BCUT2D eigenvalue weighted by atomic mass is 10.1. The Morgan fingerprint density at radius 2 is 2.00 bits per heavy atom. The molecule has 0 radical (unpaired) electrons. The fourth-order valence-electron chi connectivity index (χ4n) is 1.59. The van der Waals surface area contributed by atoms with Crippen LogP contribution in [0, 0.1) is 11.6 Å². The topological polar surface area (TPSA) is 35.2 Å². The molecule has 0 fully saturated rings. The minimum absolute atomic E-state index is 0.120. The van der Waals surface area contributed by atoms with Gasteiger partial charge in [0.2, 0.25) is 5.82 Å². The Bertz CT molecular complexity index is 514. The van der Waals surface area contributed by atoms with Gasteiger partial charge >= 0.3 is 0 Å². The van der Waals surface area contributed by atoms with Crippen molar-refractivity contribution in [1.29, 1.82) is 0 Å². The lowest BCUT2D eigenvalue weighted by Gasteiger charge is -2.21. The molecule has 0 aliphatic heterocycles. The predicted molar refractivity (Wildman–Crippen MR) is 67.7 cm³/mol. The summed E-state index contributed by atoms with van der Waals surface area (Å²) >= 11 is 1.47. The van der Waals surface area contributed by atoms with E-state index >= 15 is 0 Å². The Labute approximate surface area is 108 Å². The van der Waals surface area contributed by atoms with Gasteiger partial charge in [-0.05, 0) is 30.5 Å². The Morgan fingerprint density at radius 3 is 2.61 bits per heavy atom. The number of ether oxygens (including phenoxy) is 1. The van der Waals surface area contributed by atoms with Crippen molar-refractivity contribution in [3.63, 3.8) is 0 Å². The first kappa shape index (κ1) is 13.0. The van der Waals surface area contributed by atoms with Crippen LogP contribution in [0.4, 0.5) is 8.78 Å². The highest BCUT2D eigenvalue weighted by Crippen LogP contribution is 2.29. The maximum absolute atomic E-state index is 13.5. The average Bonchev–Trinajstić information content (AvgIpc) is 2.84. The third kappa shape index (κ3) is 2.68. The van der Waals surface area contributed by atoms with E-state index in [0.717, 1.165) is 10.9 Å². The van der Waals surface area contributed by atoms with Crippen LogP contribution in [0.25, 0.3) is 0 Å². The summed E-state index contributed by atoms with van der Waals surface area (Å²) in [6.45, 7) is 1.77. The van der Waals surface area contributed by atoms with Crippen molar-refractivity contribution in [2.75, 3.05) is 0 Å². The Kier molecular flexibility index (Phi) is 3.93. The molecule has 0 amide bonds. The van der Waals surface area contributed by atoms with Crippen LogP contribution in [0.3, 0.4) is 0 Å². The molecule has 1 aromatic heterocycles. The molecule has 2 rings (SSSR count). The predicted octanol–water partition coefficient (Wildman–Crippen LogP) is 3.49. The second-order valence-corrected chi connectivity index (χ2v) is 4.94. The molecule has 1 aromatic carbocycles. The molecule has 0 aliphatic carbocycles. The van der Waals surface area contributed by atoms with E-state index in [1.165, 1.54) is 23.5 Å². The Balaban J connectivity index is 2.27. The highest BCUT2D eigenvalue weighted by Gasteiger charge is 2.21. The SMILES string of the molecule is CC(N)C(Oc1cccc(F)c1F)c1cccs1. The van der Waals surface area contributed by atoms with Crippen LogP contribution in [0.2, 0.25) is 0 Å². The van der Waals surface area contributed by atoms with Gasteiger partial charge in [0.05, 0.1) is 0 Å². The number of rotatable bonds is 4. The van der Waals surface area contributed by atoms with Crippen LogP contribution in [0.1, 0.15) is 17.9 Å². The van der Waals surface area contributed by atoms with Gasteiger partial charge in [-0.2, -0.15) is 4.39 Å². The first-order chi connectivity index (χ1) is 8.59. The van der Waals surface area contributed by atoms with E-state index in [4.69, 9.17) is 10.5 Å². The average molecular weight is 269 g/mol. The summed E-state index contributed by atoms with van der Waals surface area (Å²) < 4.78 is 32.1. The molecule has 2 nitrogen and oxygen atoms in total. The Morgan fingerprint density at radius 1 is 1.22 bits per heavy atom. The summed E-state index contributed by atoms with van der Waals surface area (Å²) in [5.41, 5.74) is 5.83. The van der Waals surface area contributed by atoms with Gasteiger partial charge in [-0.1, -0.05) is 12.1 Å². The van der Waals surface area contributed by atoms with Gasteiger partial charge in [-0.3, -0.25) is 0 Å². The van der Waals surface area contributed by atoms with E-state index in [1.54, 1.807) is 6.92 Å². The molecule has 0 saturated carbocycles. The molecule has 5 heteroatoms. The highest BCUT2D eigenvalue weighted by atomic mass is 32.1. The summed E-state index contributed by atoms with van der Waals surface area (Å²) in [4.78, 5) is 0.883. The van der Waals surface area contributed by atoms with E-state index in [1.807, 2.05) is 17.5 Å². The monoisotopic (exact) mass is 269 g/mol. The van der Waals surface area contributed by atoms with Crippen LogP contribution in [-0.2, 0) is 0 Å². The number of halogens is 2. The van der Waals surface area contributed by atoms with Gasteiger partial charge in [0.25, 0.3) is 0 Å². The van der Waals surface area contributed by atoms with Gasteiger partial charge in [0.1, 0.15) is 6.10 Å². The summed E-state index contributed by atoms with van der Waals surface area (Å²) in [6, 6.07) is 7.23. The van der Waals surface area contributed by atoms with E-state index < -0.39 is 17.7 Å². The van der Waals surface area contributed by atoms with E-state index in [9.17, 15) is 8.78 Å². The van der Waals surface area contributed by atoms with E-state index in [-0.39, 0.29) is 11.8 Å². The normalized spacial score (nSPS) is 14.2. The smallest absolute Gasteiger partial charge is 0.200 e. The molecule has 2 atom stereocenters. The third-order valence-electron chi connectivity index (χ3n) is 2.47. The number of thiophene rings is 1. The van der Waals surface area contributed by atoms with Gasteiger partial charge in [-0.25, -0.2) is 4.39 Å². The van der Waals surface area contributed by atoms with Gasteiger partial charge in [-0.15, -0.1) is 11.3 Å². The van der Waals surface area contributed by atoms with Gasteiger partial charge < -0.3 is 10.5 Å². The zero-order valence-corrected chi connectivity index (χ0v) is 10.6. The van der Waals surface area contributed by atoms with Crippen molar-refractivity contribution in [3.8, 4) is 5.75 Å². The van der Waals surface area contributed by atoms with Crippen molar-refractivity contribution in [3.05, 3.63) is 52.2 Å². The van der Waals surface area contributed by atoms with E-state index in [2.05, 4.69) is 0 Å². The fourth-order valence-corrected chi connectivity index (χ4v) is 2.46. The lowest BCUT2D eigenvalue weighted by Crippen LogP contribution is -2.28. The van der Waals surface area contributed by atoms with Crippen molar-refractivity contribution in [2.24, 2.45) is 5.73 Å². The zero-order valence-electron chi connectivity index (χ0n) is 9.77. The molecule has 96 valence electrons. The van der Waals surface area contributed by atoms with Gasteiger partial charge in [0, 0.05) is 10.9 Å². The largest absolute Gasteiger partial charge is 0.480 e. The molecular weight excluding hydrogens is 256 g/mol. The number of hydrogen-bond donors (Lipinski definition) is 1. The van der Waals surface area contributed by atoms with Crippen LogP contribution in [0.5, 0.6) is 5.75 Å². The quantitative estimate of drug-likeness (QED) is 0.922.